The predicted molar refractivity (Wildman–Crippen MR) is 78.2 cm³/mol. The Morgan fingerprint density at radius 3 is 2.65 bits per heavy atom. The number of hydrogen-bond acceptors (Lipinski definition) is 4. The molecule has 2 rings (SSSR count). The van der Waals surface area contributed by atoms with Crippen LogP contribution in [0, 0.1) is 0 Å². The zero-order valence-corrected chi connectivity index (χ0v) is 12.6. The highest BCUT2D eigenvalue weighted by atomic mass is 19.4. The normalized spacial score (nSPS) is 16.7. The van der Waals surface area contributed by atoms with Gasteiger partial charge in [-0.2, -0.15) is 13.2 Å². The number of carbonyl (C=O) groups is 1. The summed E-state index contributed by atoms with van der Waals surface area (Å²) >= 11 is 0. The number of carbonyl (C=O) groups excluding carboxylic acids is 1. The van der Waals surface area contributed by atoms with Crippen LogP contribution in [-0.2, 0) is 9.53 Å². The zero-order chi connectivity index (χ0) is 17.2. The molecule has 0 saturated heterocycles. The smallest absolute Gasteiger partial charge is 0.430 e. The number of esters is 1. The molecule has 0 spiro atoms. The standard InChI is InChI=1S/C16H15F3O4/c1-4-9-6-10-7-11(15(20)22-5-2)14(16(17,18)19)23-13(10)8-12(9)21-3/h4,6-8,14H,1,5H2,2-3H3. The van der Waals surface area contributed by atoms with Gasteiger partial charge in [-0.15, -0.1) is 0 Å². The lowest BCUT2D eigenvalue weighted by molar-refractivity contribution is -0.187. The van der Waals surface area contributed by atoms with Gasteiger partial charge >= 0.3 is 12.1 Å². The van der Waals surface area contributed by atoms with Crippen molar-refractivity contribution in [3.63, 3.8) is 0 Å². The van der Waals surface area contributed by atoms with Crippen molar-refractivity contribution in [2.24, 2.45) is 0 Å². The molecule has 0 fully saturated rings. The van der Waals surface area contributed by atoms with Gasteiger partial charge in [-0.05, 0) is 19.1 Å². The van der Waals surface area contributed by atoms with Crippen LogP contribution in [0.2, 0.25) is 0 Å². The van der Waals surface area contributed by atoms with E-state index in [1.165, 1.54) is 32.2 Å². The summed E-state index contributed by atoms with van der Waals surface area (Å²) in [5, 5.41) is 0. The van der Waals surface area contributed by atoms with Gasteiger partial charge in [-0.1, -0.05) is 12.7 Å². The molecule has 0 amide bonds. The summed E-state index contributed by atoms with van der Waals surface area (Å²) in [5.41, 5.74) is 0.302. The Bertz CT molecular complexity index is 662. The van der Waals surface area contributed by atoms with Gasteiger partial charge in [0.1, 0.15) is 11.5 Å². The van der Waals surface area contributed by atoms with E-state index in [0.29, 0.717) is 16.9 Å². The van der Waals surface area contributed by atoms with Crippen molar-refractivity contribution in [1.29, 1.82) is 0 Å². The fourth-order valence-corrected chi connectivity index (χ4v) is 2.20. The molecular weight excluding hydrogens is 313 g/mol. The first kappa shape index (κ1) is 16.9. The largest absolute Gasteiger partial charge is 0.496 e. The van der Waals surface area contributed by atoms with E-state index in [1.54, 1.807) is 0 Å². The average Bonchev–Trinajstić information content (AvgIpc) is 2.51. The van der Waals surface area contributed by atoms with Crippen molar-refractivity contribution in [3.05, 3.63) is 35.4 Å². The lowest BCUT2D eigenvalue weighted by Gasteiger charge is -2.28. The number of ether oxygens (including phenoxy) is 3. The summed E-state index contributed by atoms with van der Waals surface area (Å²) in [4.78, 5) is 11.8. The number of rotatable bonds is 4. The summed E-state index contributed by atoms with van der Waals surface area (Å²) < 4.78 is 54.4. The maximum absolute atomic E-state index is 13.2. The molecule has 1 heterocycles. The third-order valence-electron chi connectivity index (χ3n) is 3.23. The molecule has 0 radical (unpaired) electrons. The van der Waals surface area contributed by atoms with Crippen LogP contribution in [0.5, 0.6) is 11.5 Å². The van der Waals surface area contributed by atoms with Gasteiger partial charge in [0.2, 0.25) is 6.10 Å². The van der Waals surface area contributed by atoms with Crippen LogP contribution >= 0.6 is 0 Å². The number of halogens is 3. The Morgan fingerprint density at radius 1 is 1.43 bits per heavy atom. The Morgan fingerprint density at radius 2 is 2.13 bits per heavy atom. The molecule has 1 aliphatic rings. The van der Waals surface area contributed by atoms with E-state index in [9.17, 15) is 18.0 Å². The third-order valence-corrected chi connectivity index (χ3v) is 3.23. The Hall–Kier alpha value is -2.44. The lowest BCUT2D eigenvalue weighted by Crippen LogP contribution is -2.40. The fraction of sp³-hybridized carbons (Fsp3) is 0.312. The van der Waals surface area contributed by atoms with Crippen molar-refractivity contribution in [2.45, 2.75) is 19.2 Å². The van der Waals surface area contributed by atoms with Gasteiger partial charge in [-0.25, -0.2) is 4.79 Å². The van der Waals surface area contributed by atoms with Crippen molar-refractivity contribution in [1.82, 2.24) is 0 Å². The van der Waals surface area contributed by atoms with E-state index in [0.717, 1.165) is 6.08 Å². The summed E-state index contributed by atoms with van der Waals surface area (Å²) in [6.45, 7) is 5.09. The molecule has 4 nitrogen and oxygen atoms in total. The maximum Gasteiger partial charge on any atom is 0.430 e. The molecule has 0 saturated carbocycles. The quantitative estimate of drug-likeness (QED) is 0.792. The van der Waals surface area contributed by atoms with E-state index in [4.69, 9.17) is 14.2 Å². The van der Waals surface area contributed by atoms with E-state index in [-0.39, 0.29) is 12.4 Å². The minimum absolute atomic E-state index is 0.0252. The number of hydrogen-bond donors (Lipinski definition) is 0. The lowest BCUT2D eigenvalue weighted by atomic mass is 9.99. The topological polar surface area (TPSA) is 44.8 Å². The molecule has 1 unspecified atom stereocenters. The van der Waals surface area contributed by atoms with Crippen LogP contribution in [0.1, 0.15) is 18.1 Å². The molecule has 0 N–H and O–H groups in total. The van der Waals surface area contributed by atoms with Crippen molar-refractivity contribution in [2.75, 3.05) is 13.7 Å². The SMILES string of the molecule is C=Cc1cc2c(cc1OC)OC(C(F)(F)F)C(C(=O)OCC)=C2. The Labute approximate surface area is 131 Å². The van der Waals surface area contributed by atoms with Gasteiger partial charge in [0.15, 0.2) is 0 Å². The fourth-order valence-electron chi connectivity index (χ4n) is 2.20. The van der Waals surface area contributed by atoms with Gasteiger partial charge in [-0.3, -0.25) is 0 Å². The van der Waals surface area contributed by atoms with Crippen LogP contribution in [0.4, 0.5) is 13.2 Å². The molecule has 23 heavy (non-hydrogen) atoms. The molecule has 1 aromatic carbocycles. The summed E-state index contributed by atoms with van der Waals surface area (Å²) in [5.74, 6) is -0.757. The van der Waals surface area contributed by atoms with E-state index in [2.05, 4.69) is 6.58 Å². The van der Waals surface area contributed by atoms with Crippen LogP contribution in [0.25, 0.3) is 12.2 Å². The molecule has 0 bridgehead atoms. The minimum Gasteiger partial charge on any atom is -0.496 e. The first-order valence-corrected chi connectivity index (χ1v) is 6.78. The molecule has 0 aliphatic carbocycles. The molecule has 0 aromatic heterocycles. The first-order valence-electron chi connectivity index (χ1n) is 6.78. The van der Waals surface area contributed by atoms with E-state index in [1.807, 2.05) is 0 Å². The maximum atomic E-state index is 13.2. The van der Waals surface area contributed by atoms with Crippen LogP contribution < -0.4 is 9.47 Å². The van der Waals surface area contributed by atoms with E-state index >= 15 is 0 Å². The Balaban J connectivity index is 2.57. The highest BCUT2D eigenvalue weighted by molar-refractivity contribution is 5.96. The summed E-state index contributed by atoms with van der Waals surface area (Å²) in [6, 6.07) is 2.87. The molecule has 1 aliphatic heterocycles. The second-order valence-corrected chi connectivity index (χ2v) is 4.70. The minimum atomic E-state index is -4.75. The van der Waals surface area contributed by atoms with Crippen LogP contribution in [0.3, 0.4) is 0 Å². The summed E-state index contributed by atoms with van der Waals surface area (Å²) in [7, 11) is 1.39. The second-order valence-electron chi connectivity index (χ2n) is 4.70. The molecule has 7 heteroatoms. The monoisotopic (exact) mass is 328 g/mol. The van der Waals surface area contributed by atoms with Gasteiger partial charge < -0.3 is 14.2 Å². The number of alkyl halides is 3. The van der Waals surface area contributed by atoms with Gasteiger partial charge in [0, 0.05) is 17.2 Å². The third kappa shape index (κ3) is 3.33. The molecule has 124 valence electrons. The molecule has 1 aromatic rings. The first-order chi connectivity index (χ1) is 10.8. The highest BCUT2D eigenvalue weighted by Crippen LogP contribution is 2.40. The average molecular weight is 328 g/mol. The summed E-state index contributed by atoms with van der Waals surface area (Å²) in [6.07, 6.45) is -4.51. The highest BCUT2D eigenvalue weighted by Gasteiger charge is 2.48. The van der Waals surface area contributed by atoms with Crippen molar-refractivity contribution < 1.29 is 32.2 Å². The zero-order valence-electron chi connectivity index (χ0n) is 12.6. The Kier molecular flexibility index (Phi) is 4.68. The predicted octanol–water partition coefficient (Wildman–Crippen LogP) is 3.61. The van der Waals surface area contributed by atoms with Gasteiger partial charge in [0.25, 0.3) is 0 Å². The number of methoxy groups -OCH3 is 1. The van der Waals surface area contributed by atoms with Crippen LogP contribution in [0.15, 0.2) is 24.3 Å². The molecular formula is C16H15F3O4. The van der Waals surface area contributed by atoms with Crippen molar-refractivity contribution >= 4 is 18.1 Å². The van der Waals surface area contributed by atoms with Gasteiger partial charge in [0.05, 0.1) is 19.3 Å². The van der Waals surface area contributed by atoms with E-state index < -0.39 is 23.8 Å². The number of benzene rings is 1. The second kappa shape index (κ2) is 6.36. The molecule has 1 atom stereocenters. The van der Waals surface area contributed by atoms with Crippen molar-refractivity contribution in [3.8, 4) is 11.5 Å². The number of fused-ring (bicyclic) bond motifs is 1. The van der Waals surface area contributed by atoms with Crippen LogP contribution in [-0.4, -0.2) is 32.0 Å².